The van der Waals surface area contributed by atoms with Gasteiger partial charge in [-0.05, 0) is 60.2 Å². The Kier molecular flexibility index (Phi) is 6.66. The summed E-state index contributed by atoms with van der Waals surface area (Å²) in [6.07, 6.45) is 0. The number of amides is 1. The second-order valence-electron chi connectivity index (χ2n) is 7.60. The lowest BCUT2D eigenvalue weighted by Gasteiger charge is -2.12. The van der Waals surface area contributed by atoms with Crippen LogP contribution in [-0.4, -0.2) is 24.4 Å². The molecule has 0 heterocycles. The van der Waals surface area contributed by atoms with E-state index in [1.165, 1.54) is 30.3 Å². The van der Waals surface area contributed by atoms with E-state index in [1.54, 1.807) is 30.3 Å². The molecule has 3 N–H and O–H groups in total. The first-order valence-electron chi connectivity index (χ1n) is 10.4. The molecule has 11 heteroatoms. The summed E-state index contributed by atoms with van der Waals surface area (Å²) < 4.78 is 40.5. The largest absolute Gasteiger partial charge is 0.506 e. The minimum Gasteiger partial charge on any atom is -0.506 e. The van der Waals surface area contributed by atoms with Crippen LogP contribution in [0.4, 0.5) is 21.5 Å². The third-order valence-corrected chi connectivity index (χ3v) is 6.55. The maximum atomic E-state index is 13.1. The highest BCUT2D eigenvalue weighted by Gasteiger charge is 2.20. The van der Waals surface area contributed by atoms with Crippen LogP contribution in [-0.2, 0) is 10.0 Å². The van der Waals surface area contributed by atoms with Crippen molar-refractivity contribution >= 4 is 33.0 Å². The van der Waals surface area contributed by atoms with E-state index < -0.39 is 32.4 Å². The normalized spacial score (nSPS) is 11.0. The van der Waals surface area contributed by atoms with Crippen LogP contribution in [0.15, 0.2) is 95.9 Å². The van der Waals surface area contributed by atoms with Crippen LogP contribution in [0.3, 0.4) is 0 Å². The molecule has 0 aliphatic rings. The standard InChI is InChI=1S/C25H18FN3O6S/c26-18-7-10-20(11-8-18)36(34,35)28-22-15-19(9-13-24(22)30)27-25(31)17-6-12-21(23(14-17)29(32)33)16-4-2-1-3-5-16/h1-15,28,30H,(H,27,31). The molecule has 1 amide bonds. The first kappa shape index (κ1) is 24.4. The Morgan fingerprint density at radius 3 is 2.28 bits per heavy atom. The van der Waals surface area contributed by atoms with Crippen LogP contribution in [0.1, 0.15) is 10.4 Å². The van der Waals surface area contributed by atoms with E-state index in [4.69, 9.17) is 0 Å². The van der Waals surface area contributed by atoms with Gasteiger partial charge in [-0.15, -0.1) is 0 Å². The first-order chi connectivity index (χ1) is 17.1. The Morgan fingerprint density at radius 2 is 1.61 bits per heavy atom. The van der Waals surface area contributed by atoms with Gasteiger partial charge < -0.3 is 10.4 Å². The van der Waals surface area contributed by atoms with E-state index in [2.05, 4.69) is 10.0 Å². The number of anilines is 2. The van der Waals surface area contributed by atoms with Crippen molar-refractivity contribution in [2.75, 3.05) is 10.0 Å². The van der Waals surface area contributed by atoms with Crippen LogP contribution in [0.5, 0.6) is 5.75 Å². The maximum Gasteiger partial charge on any atom is 0.277 e. The number of nitro groups is 1. The van der Waals surface area contributed by atoms with Crippen LogP contribution in [0.2, 0.25) is 0 Å². The molecule has 9 nitrogen and oxygen atoms in total. The molecule has 36 heavy (non-hydrogen) atoms. The summed E-state index contributed by atoms with van der Waals surface area (Å²) in [5.74, 6) is -1.71. The molecule has 0 aliphatic heterocycles. The van der Waals surface area contributed by atoms with Gasteiger partial charge in [0.15, 0.2) is 0 Å². The summed E-state index contributed by atoms with van der Waals surface area (Å²) >= 11 is 0. The van der Waals surface area contributed by atoms with Crippen LogP contribution >= 0.6 is 0 Å². The molecular formula is C25H18FN3O6S. The second-order valence-corrected chi connectivity index (χ2v) is 9.28. The number of sulfonamides is 1. The van der Waals surface area contributed by atoms with Crippen molar-refractivity contribution in [1.82, 2.24) is 0 Å². The molecule has 0 saturated heterocycles. The third kappa shape index (κ3) is 5.31. The summed E-state index contributed by atoms with van der Waals surface area (Å²) in [6.45, 7) is 0. The molecule has 4 aromatic rings. The lowest BCUT2D eigenvalue weighted by Crippen LogP contribution is -2.15. The molecule has 0 fully saturated rings. The van der Waals surface area contributed by atoms with Crippen molar-refractivity contribution in [3.05, 3.63) is 112 Å². The molecule has 0 aliphatic carbocycles. The molecule has 0 aromatic heterocycles. The molecule has 0 spiro atoms. The first-order valence-corrected chi connectivity index (χ1v) is 11.9. The van der Waals surface area contributed by atoms with E-state index in [9.17, 15) is 32.8 Å². The summed E-state index contributed by atoms with van der Waals surface area (Å²) in [5.41, 5.74) is 0.592. The number of halogens is 1. The Labute approximate surface area is 205 Å². The number of nitrogens with zero attached hydrogens (tertiary/aromatic N) is 1. The average Bonchev–Trinajstić information content (AvgIpc) is 2.86. The predicted octanol–water partition coefficient (Wildman–Crippen LogP) is 5.16. The van der Waals surface area contributed by atoms with Crippen LogP contribution < -0.4 is 10.0 Å². The number of hydrogen-bond donors (Lipinski definition) is 3. The summed E-state index contributed by atoms with van der Waals surface area (Å²) in [6, 6.07) is 20.5. The zero-order chi connectivity index (χ0) is 25.9. The predicted molar refractivity (Wildman–Crippen MR) is 132 cm³/mol. The number of rotatable bonds is 7. The number of nitro benzene ring substituents is 1. The lowest BCUT2D eigenvalue weighted by atomic mass is 10.0. The highest BCUT2D eigenvalue weighted by molar-refractivity contribution is 7.92. The van der Waals surface area contributed by atoms with Gasteiger partial charge in [-0.25, -0.2) is 12.8 Å². The fourth-order valence-electron chi connectivity index (χ4n) is 3.40. The molecule has 0 radical (unpaired) electrons. The molecular weight excluding hydrogens is 489 g/mol. The van der Waals surface area contributed by atoms with E-state index in [0.29, 0.717) is 11.1 Å². The minimum absolute atomic E-state index is 0.00268. The highest BCUT2D eigenvalue weighted by atomic mass is 32.2. The van der Waals surface area contributed by atoms with Gasteiger partial charge in [0.25, 0.3) is 21.6 Å². The Balaban J connectivity index is 1.58. The number of aromatic hydroxyl groups is 1. The van der Waals surface area contributed by atoms with Crippen molar-refractivity contribution in [1.29, 1.82) is 0 Å². The molecule has 0 atom stereocenters. The van der Waals surface area contributed by atoms with Crippen molar-refractivity contribution in [3.8, 4) is 16.9 Å². The van der Waals surface area contributed by atoms with E-state index >= 15 is 0 Å². The van der Waals surface area contributed by atoms with Gasteiger partial charge >= 0.3 is 0 Å². The Bertz CT molecular complexity index is 1560. The van der Waals surface area contributed by atoms with Crippen LogP contribution in [0.25, 0.3) is 11.1 Å². The number of hydrogen-bond acceptors (Lipinski definition) is 6. The zero-order valence-corrected chi connectivity index (χ0v) is 19.2. The molecule has 0 saturated carbocycles. The molecule has 0 bridgehead atoms. The van der Waals surface area contributed by atoms with Crippen molar-refractivity contribution < 1.29 is 27.6 Å². The number of phenolic OH excluding ortho intramolecular Hbond substituents is 1. The molecule has 4 rings (SSSR count). The number of carbonyl (C=O) groups is 1. The monoisotopic (exact) mass is 507 g/mol. The summed E-state index contributed by atoms with van der Waals surface area (Å²) in [4.78, 5) is 23.6. The van der Waals surface area contributed by atoms with Gasteiger partial charge in [0, 0.05) is 17.3 Å². The van der Waals surface area contributed by atoms with Gasteiger partial charge in [0.1, 0.15) is 11.6 Å². The van der Waals surface area contributed by atoms with Gasteiger partial charge in [-0.3, -0.25) is 19.6 Å². The van der Waals surface area contributed by atoms with Crippen molar-refractivity contribution in [2.45, 2.75) is 4.90 Å². The summed E-state index contributed by atoms with van der Waals surface area (Å²) in [5, 5.41) is 24.3. The van der Waals surface area contributed by atoms with Gasteiger partial charge in [-0.2, -0.15) is 0 Å². The van der Waals surface area contributed by atoms with Crippen molar-refractivity contribution in [3.63, 3.8) is 0 Å². The fourth-order valence-corrected chi connectivity index (χ4v) is 4.47. The smallest absolute Gasteiger partial charge is 0.277 e. The fraction of sp³-hybridized carbons (Fsp3) is 0. The molecule has 182 valence electrons. The average molecular weight is 507 g/mol. The quantitative estimate of drug-likeness (QED) is 0.137. The topological polar surface area (TPSA) is 139 Å². The van der Waals surface area contributed by atoms with Gasteiger partial charge in [-0.1, -0.05) is 30.3 Å². The summed E-state index contributed by atoms with van der Waals surface area (Å²) in [7, 11) is -4.16. The number of phenols is 1. The second kappa shape index (κ2) is 9.84. The minimum atomic E-state index is -4.16. The number of carbonyl (C=O) groups excluding carboxylic acids is 1. The molecule has 0 unspecified atom stereocenters. The van der Waals surface area contributed by atoms with Gasteiger partial charge in [0.05, 0.1) is 21.1 Å². The number of benzene rings is 4. The lowest BCUT2D eigenvalue weighted by molar-refractivity contribution is -0.384. The number of nitrogens with one attached hydrogen (secondary N) is 2. The van der Waals surface area contributed by atoms with Crippen LogP contribution in [0, 0.1) is 15.9 Å². The van der Waals surface area contributed by atoms with Crippen molar-refractivity contribution in [2.24, 2.45) is 0 Å². The third-order valence-electron chi connectivity index (χ3n) is 5.16. The maximum absolute atomic E-state index is 13.1. The Hall–Kier alpha value is -4.77. The Morgan fingerprint density at radius 1 is 0.917 bits per heavy atom. The highest BCUT2D eigenvalue weighted by Crippen LogP contribution is 2.32. The van der Waals surface area contributed by atoms with E-state index in [1.807, 2.05) is 0 Å². The van der Waals surface area contributed by atoms with E-state index in [-0.39, 0.29) is 27.5 Å². The molecule has 4 aromatic carbocycles. The van der Waals surface area contributed by atoms with Gasteiger partial charge in [0.2, 0.25) is 0 Å². The van der Waals surface area contributed by atoms with E-state index in [0.717, 1.165) is 30.3 Å². The SMILES string of the molecule is O=C(Nc1ccc(O)c(NS(=O)(=O)c2ccc(F)cc2)c1)c1ccc(-c2ccccc2)c([N+](=O)[O-])c1. The zero-order valence-electron chi connectivity index (χ0n) is 18.4.